The minimum Gasteiger partial charge on any atom is -0.340 e. The van der Waals surface area contributed by atoms with Gasteiger partial charge in [-0.1, -0.05) is 5.92 Å². The molecule has 5 rings (SSSR count). The standard InChI is InChI=1S/C24H16FN5O2S/c1-33(31,32)18-5-3-17(4-6-18)29-24-12-19-16(13-27-24)8-9-26-22(19)7-2-15-10-21(25)20-14-28-30-23(20)11-15/h3-6,8-14H,1H3,(H,27,29)(H,28,30). The van der Waals surface area contributed by atoms with Gasteiger partial charge in [0.2, 0.25) is 0 Å². The number of hydrogen-bond acceptors (Lipinski definition) is 6. The summed E-state index contributed by atoms with van der Waals surface area (Å²) >= 11 is 0. The average Bonchev–Trinajstić information content (AvgIpc) is 3.27. The number of aromatic nitrogens is 4. The number of benzene rings is 2. The van der Waals surface area contributed by atoms with Gasteiger partial charge >= 0.3 is 0 Å². The van der Waals surface area contributed by atoms with E-state index < -0.39 is 15.7 Å². The number of rotatable bonds is 3. The van der Waals surface area contributed by atoms with E-state index in [-0.39, 0.29) is 4.90 Å². The van der Waals surface area contributed by atoms with Crippen LogP contribution in [-0.2, 0) is 9.84 Å². The summed E-state index contributed by atoms with van der Waals surface area (Å²) in [5.41, 5.74) is 2.29. The Labute approximate surface area is 188 Å². The average molecular weight is 457 g/mol. The minimum atomic E-state index is -3.26. The van der Waals surface area contributed by atoms with Gasteiger partial charge in [0.05, 0.1) is 22.0 Å². The predicted molar refractivity (Wildman–Crippen MR) is 124 cm³/mol. The van der Waals surface area contributed by atoms with Gasteiger partial charge < -0.3 is 5.32 Å². The van der Waals surface area contributed by atoms with Crippen LogP contribution in [-0.4, -0.2) is 34.8 Å². The molecule has 0 aliphatic carbocycles. The quantitative estimate of drug-likeness (QED) is 0.394. The van der Waals surface area contributed by atoms with Gasteiger partial charge in [0.1, 0.15) is 17.3 Å². The third-order valence-electron chi connectivity index (χ3n) is 5.04. The first kappa shape index (κ1) is 20.6. The van der Waals surface area contributed by atoms with Crippen LogP contribution >= 0.6 is 0 Å². The lowest BCUT2D eigenvalue weighted by Gasteiger charge is -2.08. The molecule has 0 radical (unpaired) electrons. The molecule has 3 heterocycles. The Balaban J connectivity index is 1.48. The summed E-state index contributed by atoms with van der Waals surface area (Å²) in [4.78, 5) is 9.02. The summed E-state index contributed by atoms with van der Waals surface area (Å²) in [5, 5.41) is 11.8. The van der Waals surface area contributed by atoms with Crippen LogP contribution < -0.4 is 5.32 Å². The molecule has 5 aromatic rings. The molecule has 33 heavy (non-hydrogen) atoms. The highest BCUT2D eigenvalue weighted by Gasteiger charge is 2.08. The molecule has 162 valence electrons. The van der Waals surface area contributed by atoms with Crippen molar-refractivity contribution in [3.63, 3.8) is 0 Å². The molecule has 0 fully saturated rings. The smallest absolute Gasteiger partial charge is 0.175 e. The number of pyridine rings is 2. The van der Waals surface area contributed by atoms with Crippen molar-refractivity contribution in [2.75, 3.05) is 11.6 Å². The van der Waals surface area contributed by atoms with Crippen LogP contribution in [0.3, 0.4) is 0 Å². The number of fused-ring (bicyclic) bond motifs is 2. The Hall–Kier alpha value is -4.29. The van der Waals surface area contributed by atoms with Crippen LogP contribution in [0.4, 0.5) is 15.9 Å². The van der Waals surface area contributed by atoms with E-state index in [4.69, 9.17) is 0 Å². The van der Waals surface area contributed by atoms with Crippen molar-refractivity contribution in [2.45, 2.75) is 4.90 Å². The molecule has 0 unspecified atom stereocenters. The second kappa shape index (κ2) is 8.00. The van der Waals surface area contributed by atoms with Crippen molar-refractivity contribution < 1.29 is 12.8 Å². The molecular weight excluding hydrogens is 441 g/mol. The zero-order chi connectivity index (χ0) is 23.0. The first-order chi connectivity index (χ1) is 15.9. The number of halogens is 1. The van der Waals surface area contributed by atoms with E-state index in [0.29, 0.717) is 33.7 Å². The van der Waals surface area contributed by atoms with Gasteiger partial charge in [0.25, 0.3) is 0 Å². The maximum absolute atomic E-state index is 14.2. The third-order valence-corrected chi connectivity index (χ3v) is 6.16. The first-order valence-corrected chi connectivity index (χ1v) is 11.7. The Kier molecular flexibility index (Phi) is 4.99. The second-order valence-corrected chi connectivity index (χ2v) is 9.43. The highest BCUT2D eigenvalue weighted by molar-refractivity contribution is 7.90. The summed E-state index contributed by atoms with van der Waals surface area (Å²) in [5.74, 6) is 6.14. The van der Waals surface area contributed by atoms with Crippen LogP contribution in [0.2, 0.25) is 0 Å². The summed E-state index contributed by atoms with van der Waals surface area (Å²) in [6.45, 7) is 0. The lowest BCUT2D eigenvalue weighted by atomic mass is 10.1. The van der Waals surface area contributed by atoms with Gasteiger partial charge in [0, 0.05) is 40.7 Å². The first-order valence-electron chi connectivity index (χ1n) is 9.83. The maximum Gasteiger partial charge on any atom is 0.175 e. The third kappa shape index (κ3) is 4.24. The molecule has 3 aromatic heterocycles. The van der Waals surface area contributed by atoms with Crippen LogP contribution in [0.5, 0.6) is 0 Å². The summed E-state index contributed by atoms with van der Waals surface area (Å²) in [6.07, 6.45) is 5.94. The van der Waals surface area contributed by atoms with Crippen molar-refractivity contribution in [3.05, 3.63) is 84.2 Å². The summed E-state index contributed by atoms with van der Waals surface area (Å²) < 4.78 is 37.5. The van der Waals surface area contributed by atoms with Crippen LogP contribution in [0.25, 0.3) is 21.7 Å². The maximum atomic E-state index is 14.2. The Morgan fingerprint density at radius 2 is 1.79 bits per heavy atom. The zero-order valence-electron chi connectivity index (χ0n) is 17.3. The molecule has 7 nitrogen and oxygen atoms in total. The molecular formula is C24H16FN5O2S. The molecule has 2 aromatic carbocycles. The predicted octanol–water partition coefficient (Wildman–Crippen LogP) is 4.19. The Morgan fingerprint density at radius 1 is 0.970 bits per heavy atom. The number of nitrogens with zero attached hydrogens (tertiary/aromatic N) is 3. The highest BCUT2D eigenvalue weighted by atomic mass is 32.2. The number of sulfone groups is 1. The van der Waals surface area contributed by atoms with Crippen LogP contribution in [0.1, 0.15) is 11.3 Å². The van der Waals surface area contributed by atoms with E-state index >= 15 is 0 Å². The molecule has 0 atom stereocenters. The van der Waals surface area contributed by atoms with Crippen molar-refractivity contribution in [1.82, 2.24) is 20.2 Å². The fourth-order valence-electron chi connectivity index (χ4n) is 3.38. The van der Waals surface area contributed by atoms with Crippen molar-refractivity contribution >= 4 is 43.0 Å². The van der Waals surface area contributed by atoms with Crippen LogP contribution in [0, 0.1) is 17.7 Å². The molecule has 0 aliphatic heterocycles. The van der Waals surface area contributed by atoms with Gasteiger partial charge in [-0.3, -0.25) is 5.10 Å². The number of H-pyrrole nitrogens is 1. The summed E-state index contributed by atoms with van der Waals surface area (Å²) in [6, 6.07) is 13.2. The number of anilines is 2. The molecule has 0 bridgehead atoms. The second-order valence-electron chi connectivity index (χ2n) is 7.41. The Bertz CT molecular complexity index is 1680. The largest absolute Gasteiger partial charge is 0.340 e. The normalized spacial score (nSPS) is 11.3. The van der Waals surface area contributed by atoms with Gasteiger partial charge in [-0.05, 0) is 54.5 Å². The molecule has 2 N–H and O–H groups in total. The fourth-order valence-corrected chi connectivity index (χ4v) is 4.01. The highest BCUT2D eigenvalue weighted by Crippen LogP contribution is 2.23. The minimum absolute atomic E-state index is 0.242. The lowest BCUT2D eigenvalue weighted by Crippen LogP contribution is -1.98. The molecule has 0 saturated heterocycles. The number of hydrogen-bond donors (Lipinski definition) is 2. The van der Waals surface area contributed by atoms with Gasteiger partial charge in [-0.2, -0.15) is 5.10 Å². The molecule has 0 amide bonds. The van der Waals surface area contributed by atoms with E-state index in [1.54, 1.807) is 30.6 Å². The van der Waals surface area contributed by atoms with Gasteiger partial charge in [-0.15, -0.1) is 0 Å². The molecule has 0 spiro atoms. The van der Waals surface area contributed by atoms with E-state index in [1.807, 2.05) is 12.1 Å². The number of nitrogens with one attached hydrogen (secondary N) is 2. The SMILES string of the molecule is CS(=O)(=O)c1ccc(Nc2cc3c(C#Cc4cc(F)c5cn[nH]c5c4)nccc3cn2)cc1. The van der Waals surface area contributed by atoms with Crippen molar-refractivity contribution in [2.24, 2.45) is 0 Å². The topological polar surface area (TPSA) is 101 Å². The number of aromatic amines is 1. The molecule has 9 heteroatoms. The zero-order valence-corrected chi connectivity index (χ0v) is 18.1. The van der Waals surface area contributed by atoms with E-state index in [1.165, 1.54) is 24.4 Å². The lowest BCUT2D eigenvalue weighted by molar-refractivity contribution is 0.602. The van der Waals surface area contributed by atoms with Crippen LogP contribution in [0.15, 0.2) is 72.0 Å². The molecule has 0 saturated carbocycles. The Morgan fingerprint density at radius 3 is 2.58 bits per heavy atom. The van der Waals surface area contributed by atoms with E-state index in [9.17, 15) is 12.8 Å². The van der Waals surface area contributed by atoms with Gasteiger partial charge in [-0.25, -0.2) is 22.8 Å². The van der Waals surface area contributed by atoms with E-state index in [0.717, 1.165) is 17.0 Å². The monoisotopic (exact) mass is 457 g/mol. The fraction of sp³-hybridized carbons (Fsp3) is 0.0417. The summed E-state index contributed by atoms with van der Waals surface area (Å²) in [7, 11) is -3.26. The van der Waals surface area contributed by atoms with Crippen molar-refractivity contribution in [1.29, 1.82) is 0 Å². The van der Waals surface area contributed by atoms with Gasteiger partial charge in [0.15, 0.2) is 9.84 Å². The van der Waals surface area contributed by atoms with E-state index in [2.05, 4.69) is 37.3 Å². The van der Waals surface area contributed by atoms with Crippen molar-refractivity contribution in [3.8, 4) is 11.8 Å². The molecule has 0 aliphatic rings.